The second-order valence-electron chi connectivity index (χ2n) is 4.63. The molecule has 0 amide bonds. The predicted octanol–water partition coefficient (Wildman–Crippen LogP) is 4.62. The highest BCUT2D eigenvalue weighted by atomic mass is 31.2. The minimum Gasteiger partial charge on any atom is -0.404 e. The Hall–Kier alpha value is -1.11. The molecule has 2 N–H and O–H groups in total. The van der Waals surface area contributed by atoms with Crippen molar-refractivity contribution in [1.29, 1.82) is 0 Å². The van der Waals surface area contributed by atoms with E-state index < -0.39 is 7.82 Å². The largest absolute Gasteiger partial charge is 0.530 e. The quantitative estimate of drug-likeness (QED) is 0.250. The molecule has 7 nitrogen and oxygen atoms in total. The zero-order valence-corrected chi connectivity index (χ0v) is 13.9. The third-order valence-electron chi connectivity index (χ3n) is 2.73. The van der Waals surface area contributed by atoms with E-state index in [-0.39, 0.29) is 0 Å². The molecule has 1 aromatic rings. The van der Waals surface area contributed by atoms with Gasteiger partial charge in [-0.1, -0.05) is 26.7 Å². The van der Waals surface area contributed by atoms with E-state index in [1.807, 2.05) is 13.8 Å². The zero-order chi connectivity index (χ0) is 16.3. The topological polar surface area (TPSA) is 86.3 Å². The fraction of sp³-hybridized carbons (Fsp3) is 0.571. The van der Waals surface area contributed by atoms with Crippen LogP contribution in [0.3, 0.4) is 0 Å². The first-order valence-corrected chi connectivity index (χ1v) is 8.84. The van der Waals surface area contributed by atoms with Gasteiger partial charge in [0.2, 0.25) is 0 Å². The molecule has 0 saturated carbocycles. The van der Waals surface area contributed by atoms with E-state index >= 15 is 0 Å². The summed E-state index contributed by atoms with van der Waals surface area (Å²) in [6.45, 7) is 4.67. The molecule has 0 fully saturated rings. The monoisotopic (exact) mass is 333 g/mol. The number of nitrogens with one attached hydrogen (secondary N) is 1. The van der Waals surface area contributed by atoms with Gasteiger partial charge in [0.15, 0.2) is 0 Å². The predicted molar refractivity (Wildman–Crippen MR) is 83.7 cm³/mol. The van der Waals surface area contributed by atoms with E-state index in [9.17, 15) is 4.57 Å². The van der Waals surface area contributed by atoms with Gasteiger partial charge in [-0.2, -0.15) is 0 Å². The second kappa shape index (κ2) is 10.6. The summed E-state index contributed by atoms with van der Waals surface area (Å²) in [6, 6.07) is 6.32. The van der Waals surface area contributed by atoms with Crippen molar-refractivity contribution < 1.29 is 28.4 Å². The molecule has 22 heavy (non-hydrogen) atoms. The van der Waals surface area contributed by atoms with Crippen LogP contribution in [0.1, 0.15) is 39.5 Å². The molecule has 0 unspecified atom stereocenters. The Bertz CT molecular complexity index is 439. The molecule has 0 radical (unpaired) electrons. The number of unbranched alkanes of at least 4 members (excludes halogenated alkanes) is 2. The number of hydrogen-bond acceptors (Lipinski definition) is 7. The smallest absolute Gasteiger partial charge is 0.404 e. The SMILES string of the molecule is CCCCOP(=O)(OCCCC)Oc1ccc(NOO)cc1. The van der Waals surface area contributed by atoms with Crippen LogP contribution >= 0.6 is 7.82 Å². The molecule has 0 bridgehead atoms. The molecule has 0 atom stereocenters. The van der Waals surface area contributed by atoms with Gasteiger partial charge in [0.1, 0.15) is 5.75 Å². The van der Waals surface area contributed by atoms with Gasteiger partial charge < -0.3 is 4.52 Å². The molecule has 0 aliphatic heterocycles. The summed E-state index contributed by atoms with van der Waals surface area (Å²) in [5.41, 5.74) is 2.77. The number of hydrogen-bond donors (Lipinski definition) is 2. The number of rotatable bonds is 12. The summed E-state index contributed by atoms with van der Waals surface area (Å²) < 4.78 is 28.7. The maximum atomic E-state index is 12.6. The highest BCUT2D eigenvalue weighted by Gasteiger charge is 2.28. The molecule has 0 aromatic heterocycles. The van der Waals surface area contributed by atoms with Crippen LogP contribution in [0.25, 0.3) is 0 Å². The van der Waals surface area contributed by atoms with Gasteiger partial charge in [0.05, 0.1) is 18.9 Å². The first-order chi connectivity index (χ1) is 10.6. The second-order valence-corrected chi connectivity index (χ2v) is 6.22. The number of phosphoric acid groups is 1. The third kappa shape index (κ3) is 7.24. The first kappa shape index (κ1) is 18.9. The first-order valence-electron chi connectivity index (χ1n) is 7.38. The van der Waals surface area contributed by atoms with E-state index in [1.165, 1.54) is 0 Å². The standard InChI is InChI=1S/C14H24NO6P/c1-3-5-11-18-22(17,19-12-6-4-2)20-14-9-7-13(8-10-14)15-21-16/h7-10,15-16H,3-6,11-12H2,1-2H3. The Morgan fingerprint density at radius 1 is 1.05 bits per heavy atom. The lowest BCUT2D eigenvalue weighted by Gasteiger charge is -2.18. The van der Waals surface area contributed by atoms with Crippen molar-refractivity contribution in [3.8, 4) is 5.75 Å². The lowest BCUT2D eigenvalue weighted by molar-refractivity contribution is -0.215. The molecule has 0 saturated heterocycles. The summed E-state index contributed by atoms with van der Waals surface area (Å²) in [4.78, 5) is 3.80. The molecular weight excluding hydrogens is 309 g/mol. The summed E-state index contributed by atoms with van der Waals surface area (Å²) in [5, 5.41) is 8.29. The van der Waals surface area contributed by atoms with Gasteiger partial charge in [-0.3, -0.25) is 9.05 Å². The molecule has 0 aliphatic rings. The maximum Gasteiger partial charge on any atom is 0.530 e. The molecule has 0 heterocycles. The summed E-state index contributed by atoms with van der Waals surface area (Å²) in [7, 11) is -3.63. The fourth-order valence-corrected chi connectivity index (χ4v) is 2.76. The fourth-order valence-electron chi connectivity index (χ4n) is 1.50. The van der Waals surface area contributed by atoms with Gasteiger partial charge >= 0.3 is 7.82 Å². The molecule has 0 aliphatic carbocycles. The van der Waals surface area contributed by atoms with Crippen molar-refractivity contribution >= 4 is 13.5 Å². The Labute approximate surface area is 131 Å². The summed E-state index contributed by atoms with van der Waals surface area (Å²) in [5.74, 6) is 0.347. The Morgan fingerprint density at radius 3 is 2.05 bits per heavy atom. The van der Waals surface area contributed by atoms with Crippen LogP contribution in [-0.4, -0.2) is 18.5 Å². The third-order valence-corrected chi connectivity index (χ3v) is 4.16. The van der Waals surface area contributed by atoms with Crippen LogP contribution in [-0.2, 0) is 18.6 Å². The molecule has 0 spiro atoms. The van der Waals surface area contributed by atoms with Crippen molar-refractivity contribution in [1.82, 2.24) is 0 Å². The number of anilines is 1. The van der Waals surface area contributed by atoms with Gasteiger partial charge in [-0.25, -0.2) is 15.3 Å². The molecule has 126 valence electrons. The van der Waals surface area contributed by atoms with E-state index in [1.54, 1.807) is 24.3 Å². The highest BCUT2D eigenvalue weighted by molar-refractivity contribution is 7.48. The average molecular weight is 333 g/mol. The van der Waals surface area contributed by atoms with Crippen LogP contribution in [0.5, 0.6) is 5.75 Å². The van der Waals surface area contributed by atoms with Crippen LogP contribution < -0.4 is 10.0 Å². The van der Waals surface area contributed by atoms with Gasteiger partial charge in [-0.15, -0.1) is 4.99 Å². The Balaban J connectivity index is 2.66. The maximum absolute atomic E-state index is 12.6. The van der Waals surface area contributed by atoms with Crippen molar-refractivity contribution in [3.63, 3.8) is 0 Å². The van der Waals surface area contributed by atoms with Crippen molar-refractivity contribution in [2.24, 2.45) is 0 Å². The van der Waals surface area contributed by atoms with Gasteiger partial charge in [0, 0.05) is 0 Å². The summed E-state index contributed by atoms with van der Waals surface area (Å²) >= 11 is 0. The Kier molecular flexibility index (Phi) is 9.11. The minimum absolute atomic E-state index is 0.317. The number of benzene rings is 1. The molecule has 8 heteroatoms. The molecule has 1 aromatic carbocycles. The molecular formula is C14H24NO6P. The van der Waals surface area contributed by atoms with E-state index in [4.69, 9.17) is 18.8 Å². The zero-order valence-electron chi connectivity index (χ0n) is 13.0. The van der Waals surface area contributed by atoms with Crippen molar-refractivity contribution in [2.75, 3.05) is 18.7 Å². The van der Waals surface area contributed by atoms with Crippen LogP contribution in [0.2, 0.25) is 0 Å². The minimum atomic E-state index is -3.63. The molecule has 1 rings (SSSR count). The van der Waals surface area contributed by atoms with Crippen molar-refractivity contribution in [2.45, 2.75) is 39.5 Å². The Morgan fingerprint density at radius 2 is 1.59 bits per heavy atom. The highest BCUT2D eigenvalue weighted by Crippen LogP contribution is 2.49. The normalized spacial score (nSPS) is 11.4. The lowest BCUT2D eigenvalue weighted by atomic mass is 10.3. The van der Waals surface area contributed by atoms with Gasteiger partial charge in [-0.05, 0) is 37.1 Å². The van der Waals surface area contributed by atoms with Crippen molar-refractivity contribution in [3.05, 3.63) is 24.3 Å². The van der Waals surface area contributed by atoms with Crippen LogP contribution in [0, 0.1) is 0 Å². The average Bonchev–Trinajstić information content (AvgIpc) is 2.50. The van der Waals surface area contributed by atoms with Gasteiger partial charge in [0.25, 0.3) is 0 Å². The number of phosphoric ester groups is 1. The van der Waals surface area contributed by atoms with Crippen LogP contribution in [0.4, 0.5) is 5.69 Å². The van der Waals surface area contributed by atoms with Crippen LogP contribution in [0.15, 0.2) is 24.3 Å². The van der Waals surface area contributed by atoms with E-state index in [0.29, 0.717) is 24.7 Å². The van der Waals surface area contributed by atoms with E-state index in [0.717, 1.165) is 25.7 Å². The lowest BCUT2D eigenvalue weighted by Crippen LogP contribution is -2.05. The summed E-state index contributed by atoms with van der Waals surface area (Å²) in [6.07, 6.45) is 3.41. The van der Waals surface area contributed by atoms with E-state index in [2.05, 4.69) is 10.5 Å².